The van der Waals surface area contributed by atoms with E-state index >= 15 is 0 Å². The maximum absolute atomic E-state index is 12.9. The van der Waals surface area contributed by atoms with Crippen LogP contribution >= 0.6 is 11.8 Å². The minimum atomic E-state index is -0.311. The molecule has 0 saturated heterocycles. The molecule has 1 aromatic heterocycles. The van der Waals surface area contributed by atoms with Crippen molar-refractivity contribution >= 4 is 23.4 Å². The van der Waals surface area contributed by atoms with Crippen LogP contribution in [0.3, 0.4) is 0 Å². The molecular weight excluding hydrogens is 426 g/mol. The van der Waals surface area contributed by atoms with Crippen LogP contribution in [0.25, 0.3) is 22.5 Å². The molecule has 1 atom stereocenters. The highest BCUT2D eigenvalue weighted by Gasteiger charge is 2.20. The maximum atomic E-state index is 12.9. The maximum Gasteiger partial charge on any atom is 0.237 e. The smallest absolute Gasteiger partial charge is 0.237 e. The lowest BCUT2D eigenvalue weighted by molar-refractivity contribution is -0.115. The van der Waals surface area contributed by atoms with Crippen LogP contribution in [0.5, 0.6) is 0 Å². The first-order valence-electron chi connectivity index (χ1n) is 11.1. The van der Waals surface area contributed by atoms with Crippen molar-refractivity contribution < 1.29 is 4.79 Å². The van der Waals surface area contributed by atoms with Gasteiger partial charge in [-0.3, -0.25) is 4.79 Å². The minimum absolute atomic E-state index is 0.0443. The SMILES string of the molecule is Cc1ccc(-c2nc(SC(C)C(=O)Nc3ccc(C)cc3C)[nH]c2-c2ccc(C)cc2)cc1. The van der Waals surface area contributed by atoms with Gasteiger partial charge in [-0.25, -0.2) is 4.98 Å². The fourth-order valence-electron chi connectivity index (χ4n) is 3.67. The molecule has 1 heterocycles. The number of aromatic nitrogens is 2. The Bertz CT molecular complexity index is 1210. The summed E-state index contributed by atoms with van der Waals surface area (Å²) in [6.45, 7) is 10.1. The molecule has 0 fully saturated rings. The van der Waals surface area contributed by atoms with Crippen LogP contribution in [0.1, 0.15) is 29.2 Å². The van der Waals surface area contributed by atoms with Crippen molar-refractivity contribution in [2.24, 2.45) is 0 Å². The molecule has 0 saturated carbocycles. The van der Waals surface area contributed by atoms with E-state index in [1.165, 1.54) is 28.5 Å². The molecule has 0 aliphatic heterocycles. The van der Waals surface area contributed by atoms with Crippen molar-refractivity contribution in [2.45, 2.75) is 45.0 Å². The number of benzene rings is 3. The number of amides is 1. The highest BCUT2D eigenvalue weighted by molar-refractivity contribution is 8.00. The number of thioether (sulfide) groups is 1. The third-order valence-electron chi connectivity index (χ3n) is 5.64. The Morgan fingerprint density at radius 1 is 0.848 bits per heavy atom. The summed E-state index contributed by atoms with van der Waals surface area (Å²) in [7, 11) is 0. The van der Waals surface area contributed by atoms with Gasteiger partial charge in [0.1, 0.15) is 0 Å². The van der Waals surface area contributed by atoms with Gasteiger partial charge >= 0.3 is 0 Å². The Morgan fingerprint density at radius 2 is 1.42 bits per heavy atom. The first-order chi connectivity index (χ1) is 15.8. The van der Waals surface area contributed by atoms with E-state index in [9.17, 15) is 4.79 Å². The van der Waals surface area contributed by atoms with Crippen LogP contribution in [0, 0.1) is 27.7 Å². The van der Waals surface area contributed by atoms with E-state index in [4.69, 9.17) is 4.98 Å². The largest absolute Gasteiger partial charge is 0.332 e. The first-order valence-corrected chi connectivity index (χ1v) is 12.0. The van der Waals surface area contributed by atoms with Gasteiger partial charge in [0.25, 0.3) is 0 Å². The van der Waals surface area contributed by atoms with Crippen LogP contribution in [-0.4, -0.2) is 21.1 Å². The highest BCUT2D eigenvalue weighted by atomic mass is 32.2. The van der Waals surface area contributed by atoms with Crippen LogP contribution in [0.15, 0.2) is 71.9 Å². The molecule has 168 valence electrons. The van der Waals surface area contributed by atoms with Crippen molar-refractivity contribution in [1.82, 2.24) is 9.97 Å². The Kier molecular flexibility index (Phi) is 6.70. The molecule has 4 rings (SSSR count). The average molecular weight is 456 g/mol. The van der Waals surface area contributed by atoms with Crippen LogP contribution < -0.4 is 5.32 Å². The van der Waals surface area contributed by atoms with Gasteiger partial charge < -0.3 is 10.3 Å². The number of nitrogens with zero attached hydrogens (tertiary/aromatic N) is 1. The fourth-order valence-corrected chi connectivity index (χ4v) is 4.47. The molecule has 1 amide bonds. The zero-order valence-electron chi connectivity index (χ0n) is 19.7. The summed E-state index contributed by atoms with van der Waals surface area (Å²) in [6, 6.07) is 22.8. The summed E-state index contributed by atoms with van der Waals surface area (Å²) in [5.74, 6) is -0.0443. The Morgan fingerprint density at radius 3 is 2.03 bits per heavy atom. The summed E-state index contributed by atoms with van der Waals surface area (Å²) in [6.07, 6.45) is 0. The molecule has 33 heavy (non-hydrogen) atoms. The normalized spacial score (nSPS) is 11.9. The number of anilines is 1. The van der Waals surface area contributed by atoms with E-state index in [1.807, 2.05) is 32.9 Å². The summed E-state index contributed by atoms with van der Waals surface area (Å²) in [5, 5.41) is 3.47. The number of aryl methyl sites for hydroxylation is 4. The monoisotopic (exact) mass is 455 g/mol. The van der Waals surface area contributed by atoms with Gasteiger partial charge in [-0.15, -0.1) is 0 Å². The van der Waals surface area contributed by atoms with Crippen LogP contribution in [0.2, 0.25) is 0 Å². The number of carbonyl (C=O) groups is 1. The topological polar surface area (TPSA) is 57.8 Å². The molecular formula is C28H29N3OS. The van der Waals surface area contributed by atoms with E-state index in [-0.39, 0.29) is 11.2 Å². The fraction of sp³-hybridized carbons (Fsp3) is 0.214. The molecule has 5 heteroatoms. The summed E-state index contributed by atoms with van der Waals surface area (Å²) in [5.41, 5.74) is 9.47. The van der Waals surface area contributed by atoms with Gasteiger partial charge in [0.05, 0.1) is 16.6 Å². The van der Waals surface area contributed by atoms with E-state index in [0.717, 1.165) is 38.9 Å². The molecule has 0 aliphatic carbocycles. The van der Waals surface area contributed by atoms with E-state index in [0.29, 0.717) is 0 Å². The number of hydrogen-bond donors (Lipinski definition) is 2. The second-order valence-corrected chi connectivity index (χ2v) is 9.89. The molecule has 4 aromatic rings. The van der Waals surface area contributed by atoms with Crippen molar-refractivity contribution in [3.8, 4) is 22.5 Å². The van der Waals surface area contributed by atoms with Gasteiger partial charge in [-0.2, -0.15) is 0 Å². The molecule has 0 radical (unpaired) electrons. The van der Waals surface area contributed by atoms with E-state index < -0.39 is 0 Å². The molecule has 0 bridgehead atoms. The van der Waals surface area contributed by atoms with Crippen molar-refractivity contribution in [1.29, 1.82) is 0 Å². The zero-order chi connectivity index (χ0) is 23.5. The Hall–Kier alpha value is -3.31. The van der Waals surface area contributed by atoms with Gasteiger partial charge in [0.15, 0.2) is 5.16 Å². The second-order valence-electron chi connectivity index (χ2n) is 8.57. The summed E-state index contributed by atoms with van der Waals surface area (Å²) >= 11 is 1.43. The van der Waals surface area contributed by atoms with E-state index in [2.05, 4.69) is 78.7 Å². The lowest BCUT2D eigenvalue weighted by Crippen LogP contribution is -2.23. The molecule has 3 aromatic carbocycles. The second kappa shape index (κ2) is 9.67. The van der Waals surface area contributed by atoms with Crippen molar-refractivity contribution in [2.75, 3.05) is 5.32 Å². The third-order valence-corrected chi connectivity index (χ3v) is 6.63. The summed E-state index contributed by atoms with van der Waals surface area (Å²) < 4.78 is 0. The number of aromatic amines is 1. The molecule has 1 unspecified atom stereocenters. The van der Waals surface area contributed by atoms with Gasteiger partial charge in [-0.05, 0) is 46.2 Å². The van der Waals surface area contributed by atoms with Gasteiger partial charge in [0.2, 0.25) is 5.91 Å². The third kappa shape index (κ3) is 5.37. The number of imidazole rings is 1. The Labute approximate surface area is 199 Å². The number of hydrogen-bond acceptors (Lipinski definition) is 3. The average Bonchev–Trinajstić information content (AvgIpc) is 3.20. The van der Waals surface area contributed by atoms with Gasteiger partial charge in [0, 0.05) is 16.8 Å². The van der Waals surface area contributed by atoms with Gasteiger partial charge in [-0.1, -0.05) is 89.1 Å². The number of nitrogens with one attached hydrogen (secondary N) is 2. The molecule has 0 spiro atoms. The first kappa shape index (κ1) is 22.9. The van der Waals surface area contributed by atoms with Crippen molar-refractivity contribution in [3.63, 3.8) is 0 Å². The predicted octanol–water partition coefficient (Wildman–Crippen LogP) is 7.10. The minimum Gasteiger partial charge on any atom is -0.332 e. The number of H-pyrrole nitrogens is 1. The van der Waals surface area contributed by atoms with Crippen LogP contribution in [0.4, 0.5) is 5.69 Å². The molecule has 4 nitrogen and oxygen atoms in total. The van der Waals surface area contributed by atoms with E-state index in [1.54, 1.807) is 0 Å². The number of carbonyl (C=O) groups excluding carboxylic acids is 1. The Balaban J connectivity index is 1.60. The predicted molar refractivity (Wildman–Crippen MR) is 139 cm³/mol. The standard InChI is InChI=1S/C28H29N3OS/c1-17-6-11-22(12-7-17)25-26(23-13-8-18(2)9-14-23)31-28(30-25)33-21(5)27(32)29-24-15-10-19(3)16-20(24)4/h6-16,21H,1-5H3,(H,29,32)(H,30,31). The lowest BCUT2D eigenvalue weighted by atomic mass is 10.0. The molecule has 2 N–H and O–H groups in total. The quantitative estimate of drug-likeness (QED) is 0.305. The zero-order valence-corrected chi connectivity index (χ0v) is 20.5. The highest BCUT2D eigenvalue weighted by Crippen LogP contribution is 2.34. The van der Waals surface area contributed by atoms with Crippen LogP contribution in [-0.2, 0) is 4.79 Å². The number of rotatable bonds is 6. The van der Waals surface area contributed by atoms with Crippen molar-refractivity contribution in [3.05, 3.63) is 89.0 Å². The summed E-state index contributed by atoms with van der Waals surface area (Å²) in [4.78, 5) is 21.3. The molecule has 0 aliphatic rings. The lowest BCUT2D eigenvalue weighted by Gasteiger charge is -2.13.